The van der Waals surface area contributed by atoms with E-state index in [4.69, 9.17) is 10.5 Å². The van der Waals surface area contributed by atoms with Crippen LogP contribution >= 0.6 is 0 Å². The molecule has 0 aliphatic carbocycles. The summed E-state index contributed by atoms with van der Waals surface area (Å²) in [6, 6.07) is 16.4. The van der Waals surface area contributed by atoms with Gasteiger partial charge in [0.15, 0.2) is 0 Å². The minimum Gasteiger partial charge on any atom is -0.497 e. The normalized spacial score (nSPS) is 9.93. The summed E-state index contributed by atoms with van der Waals surface area (Å²) in [6.07, 6.45) is 0. The molecule has 0 heterocycles. The lowest BCUT2D eigenvalue weighted by Crippen LogP contribution is -1.89. The van der Waals surface area contributed by atoms with Gasteiger partial charge in [-0.05, 0) is 29.8 Å². The van der Waals surface area contributed by atoms with Crippen LogP contribution in [0.2, 0.25) is 0 Å². The summed E-state index contributed by atoms with van der Waals surface area (Å²) in [7, 11) is 1.65. The standard InChI is InChI=1S/C13H12NO/c1-15-11-8-6-10(7-9-11)12-4-2-3-5-13(12)14/h2,4-9H,14H2,1H3. The second-order valence-electron chi connectivity index (χ2n) is 3.24. The Bertz CT molecular complexity index is 448. The maximum absolute atomic E-state index is 5.86. The van der Waals surface area contributed by atoms with Gasteiger partial charge in [-0.25, -0.2) is 0 Å². The Labute approximate surface area is 89.3 Å². The largest absolute Gasteiger partial charge is 0.497 e. The van der Waals surface area contributed by atoms with Gasteiger partial charge in [0.05, 0.1) is 7.11 Å². The highest BCUT2D eigenvalue weighted by Gasteiger charge is 2.01. The van der Waals surface area contributed by atoms with Gasteiger partial charge in [-0.3, -0.25) is 0 Å². The number of ether oxygens (including phenoxy) is 1. The topological polar surface area (TPSA) is 35.2 Å². The second kappa shape index (κ2) is 4.05. The fourth-order valence-corrected chi connectivity index (χ4v) is 1.48. The van der Waals surface area contributed by atoms with E-state index >= 15 is 0 Å². The fourth-order valence-electron chi connectivity index (χ4n) is 1.48. The van der Waals surface area contributed by atoms with Crippen molar-refractivity contribution in [2.24, 2.45) is 0 Å². The maximum Gasteiger partial charge on any atom is 0.118 e. The highest BCUT2D eigenvalue weighted by Crippen LogP contribution is 2.26. The van der Waals surface area contributed by atoms with Crippen LogP contribution in [0.25, 0.3) is 11.1 Å². The van der Waals surface area contributed by atoms with E-state index in [1.165, 1.54) is 0 Å². The third kappa shape index (κ3) is 1.94. The molecule has 0 spiro atoms. The molecule has 0 bridgehead atoms. The zero-order valence-corrected chi connectivity index (χ0v) is 8.53. The van der Waals surface area contributed by atoms with Crippen molar-refractivity contribution in [1.82, 2.24) is 0 Å². The molecule has 15 heavy (non-hydrogen) atoms. The highest BCUT2D eigenvalue weighted by molar-refractivity contribution is 5.76. The van der Waals surface area contributed by atoms with Gasteiger partial charge >= 0.3 is 0 Å². The van der Waals surface area contributed by atoms with E-state index in [0.717, 1.165) is 22.6 Å². The van der Waals surface area contributed by atoms with E-state index in [2.05, 4.69) is 6.07 Å². The zero-order valence-electron chi connectivity index (χ0n) is 8.53. The van der Waals surface area contributed by atoms with Gasteiger partial charge in [0.2, 0.25) is 0 Å². The Hall–Kier alpha value is -1.96. The van der Waals surface area contributed by atoms with Crippen LogP contribution in [0, 0.1) is 6.07 Å². The molecule has 75 valence electrons. The quantitative estimate of drug-likeness (QED) is 0.753. The Balaban J connectivity index is 2.42. The zero-order chi connectivity index (χ0) is 10.7. The average Bonchev–Trinajstić information content (AvgIpc) is 2.30. The van der Waals surface area contributed by atoms with Gasteiger partial charge in [-0.15, -0.1) is 0 Å². The lowest BCUT2D eigenvalue weighted by molar-refractivity contribution is 0.415. The first-order valence-corrected chi connectivity index (χ1v) is 4.71. The number of hydrogen-bond acceptors (Lipinski definition) is 2. The van der Waals surface area contributed by atoms with Gasteiger partial charge in [0.1, 0.15) is 5.75 Å². The summed E-state index contributed by atoms with van der Waals surface area (Å²) >= 11 is 0. The van der Waals surface area contributed by atoms with Crippen molar-refractivity contribution in [2.45, 2.75) is 0 Å². The van der Waals surface area contributed by atoms with Crippen molar-refractivity contribution < 1.29 is 4.74 Å². The van der Waals surface area contributed by atoms with Crippen molar-refractivity contribution in [3.05, 3.63) is 48.5 Å². The highest BCUT2D eigenvalue weighted by atomic mass is 16.5. The Kier molecular flexibility index (Phi) is 2.59. The van der Waals surface area contributed by atoms with Gasteiger partial charge in [0, 0.05) is 11.3 Å². The molecule has 2 heteroatoms. The van der Waals surface area contributed by atoms with E-state index in [9.17, 15) is 0 Å². The Morgan fingerprint density at radius 1 is 1.13 bits per heavy atom. The molecule has 0 aromatic heterocycles. The molecular formula is C13H12NO. The number of anilines is 1. The van der Waals surface area contributed by atoms with Gasteiger partial charge in [0.25, 0.3) is 0 Å². The van der Waals surface area contributed by atoms with Crippen LogP contribution in [0.4, 0.5) is 5.69 Å². The smallest absolute Gasteiger partial charge is 0.118 e. The Morgan fingerprint density at radius 3 is 2.47 bits per heavy atom. The first kappa shape index (κ1) is 9.59. The molecule has 0 aliphatic rings. The molecule has 0 unspecified atom stereocenters. The predicted molar refractivity (Wildman–Crippen MR) is 61.7 cm³/mol. The van der Waals surface area contributed by atoms with Crippen LogP contribution in [0.3, 0.4) is 0 Å². The summed E-state index contributed by atoms with van der Waals surface area (Å²) in [5.74, 6) is 0.847. The van der Waals surface area contributed by atoms with Gasteiger partial charge < -0.3 is 10.5 Å². The van der Waals surface area contributed by atoms with Crippen molar-refractivity contribution in [3.8, 4) is 16.9 Å². The van der Waals surface area contributed by atoms with Crippen molar-refractivity contribution >= 4 is 5.69 Å². The van der Waals surface area contributed by atoms with E-state index in [1.54, 1.807) is 13.2 Å². The van der Waals surface area contributed by atoms with E-state index < -0.39 is 0 Å². The fraction of sp³-hybridized carbons (Fsp3) is 0.0769. The molecule has 2 rings (SSSR count). The van der Waals surface area contributed by atoms with E-state index in [1.807, 2.05) is 36.4 Å². The second-order valence-corrected chi connectivity index (χ2v) is 3.24. The summed E-state index contributed by atoms with van der Waals surface area (Å²) < 4.78 is 5.10. The molecule has 2 N–H and O–H groups in total. The van der Waals surface area contributed by atoms with Gasteiger partial charge in [-0.2, -0.15) is 0 Å². The van der Waals surface area contributed by atoms with Crippen molar-refractivity contribution in [1.29, 1.82) is 0 Å². The van der Waals surface area contributed by atoms with Crippen LogP contribution in [-0.4, -0.2) is 7.11 Å². The summed E-state index contributed by atoms with van der Waals surface area (Å²) in [5, 5.41) is 0. The predicted octanol–water partition coefficient (Wildman–Crippen LogP) is 2.74. The molecule has 0 saturated heterocycles. The number of benzene rings is 2. The molecule has 0 atom stereocenters. The summed E-state index contributed by atoms with van der Waals surface area (Å²) in [5.41, 5.74) is 8.71. The van der Waals surface area contributed by atoms with E-state index in [-0.39, 0.29) is 0 Å². The van der Waals surface area contributed by atoms with Crippen LogP contribution in [0.1, 0.15) is 0 Å². The van der Waals surface area contributed by atoms with Crippen LogP contribution < -0.4 is 10.5 Å². The first-order chi connectivity index (χ1) is 7.31. The van der Waals surface area contributed by atoms with Crippen LogP contribution in [-0.2, 0) is 0 Å². The first-order valence-electron chi connectivity index (χ1n) is 4.71. The number of methoxy groups -OCH3 is 1. The molecule has 2 aromatic rings. The number of hydrogen-bond donors (Lipinski definition) is 1. The third-order valence-electron chi connectivity index (χ3n) is 2.30. The number of nitrogens with two attached hydrogens (primary N) is 1. The van der Waals surface area contributed by atoms with Gasteiger partial charge in [-0.1, -0.05) is 24.3 Å². The van der Waals surface area contributed by atoms with Crippen LogP contribution in [0.15, 0.2) is 42.5 Å². The molecule has 0 amide bonds. The van der Waals surface area contributed by atoms with Crippen molar-refractivity contribution in [2.75, 3.05) is 12.8 Å². The molecule has 0 fully saturated rings. The van der Waals surface area contributed by atoms with Crippen LogP contribution in [0.5, 0.6) is 5.75 Å². The molecular weight excluding hydrogens is 186 g/mol. The Morgan fingerprint density at radius 2 is 1.87 bits per heavy atom. The monoisotopic (exact) mass is 198 g/mol. The lowest BCUT2D eigenvalue weighted by atomic mass is 10.0. The molecule has 0 saturated carbocycles. The number of nitrogen functional groups attached to an aromatic ring is 1. The summed E-state index contributed by atoms with van der Waals surface area (Å²) in [4.78, 5) is 0. The summed E-state index contributed by atoms with van der Waals surface area (Å²) in [6.45, 7) is 0. The minimum atomic E-state index is 0.739. The third-order valence-corrected chi connectivity index (χ3v) is 2.30. The molecule has 2 aromatic carbocycles. The average molecular weight is 198 g/mol. The lowest BCUT2D eigenvalue weighted by Gasteiger charge is -2.06. The van der Waals surface area contributed by atoms with Crippen molar-refractivity contribution in [3.63, 3.8) is 0 Å². The number of rotatable bonds is 2. The maximum atomic E-state index is 5.86. The molecule has 2 nitrogen and oxygen atoms in total. The molecule has 0 aliphatic heterocycles. The van der Waals surface area contributed by atoms with E-state index in [0.29, 0.717) is 0 Å². The molecule has 1 radical (unpaired) electrons. The SMILES string of the molecule is COc1ccc(-c2cc[c]cc2N)cc1. The minimum absolute atomic E-state index is 0.739.